The van der Waals surface area contributed by atoms with Crippen LogP contribution in [0.15, 0.2) is 23.4 Å². The van der Waals surface area contributed by atoms with E-state index in [4.69, 9.17) is 11.6 Å². The fraction of sp³-hybridized carbons (Fsp3) is 0.417. The minimum absolute atomic E-state index is 0.164. The third kappa shape index (κ3) is 3.35. The van der Waals surface area contributed by atoms with Crippen molar-refractivity contribution in [3.63, 3.8) is 0 Å². The quantitative estimate of drug-likeness (QED) is 0.849. The van der Waals surface area contributed by atoms with E-state index in [1.807, 2.05) is 0 Å². The van der Waals surface area contributed by atoms with Gasteiger partial charge in [-0.3, -0.25) is 4.79 Å². The van der Waals surface area contributed by atoms with Crippen molar-refractivity contribution in [1.29, 1.82) is 0 Å². The van der Waals surface area contributed by atoms with Crippen LogP contribution >= 0.6 is 11.6 Å². The Morgan fingerprint density at radius 1 is 1.53 bits per heavy atom. The standard InChI is InChI=1S/C12H16ClN5O/c1-2-3-6-18-12(19)11(13)9(7-17-18)16-8-10-14-4-5-15-10/h4-5,7,16H,2-3,6,8H2,1H3,(H,14,15). The minimum Gasteiger partial charge on any atom is -0.375 e. The molecule has 0 aliphatic carbocycles. The number of unbranched alkanes of at least 4 members (excludes halogenated alkanes) is 1. The molecule has 0 fully saturated rings. The lowest BCUT2D eigenvalue weighted by Gasteiger charge is -2.09. The molecule has 0 aliphatic heterocycles. The highest BCUT2D eigenvalue weighted by Crippen LogP contribution is 2.15. The van der Waals surface area contributed by atoms with Crippen molar-refractivity contribution in [2.24, 2.45) is 0 Å². The van der Waals surface area contributed by atoms with Gasteiger partial charge in [0.1, 0.15) is 10.8 Å². The summed E-state index contributed by atoms with van der Waals surface area (Å²) in [4.78, 5) is 19.0. The van der Waals surface area contributed by atoms with Crippen molar-refractivity contribution in [3.05, 3.63) is 39.8 Å². The fourth-order valence-corrected chi connectivity index (χ4v) is 1.84. The van der Waals surface area contributed by atoms with Crippen LogP contribution in [0.1, 0.15) is 25.6 Å². The molecule has 0 aliphatic rings. The van der Waals surface area contributed by atoms with Crippen molar-refractivity contribution < 1.29 is 0 Å². The molecule has 0 bridgehead atoms. The second-order valence-electron chi connectivity index (χ2n) is 4.14. The Hall–Kier alpha value is -1.82. The maximum absolute atomic E-state index is 12.0. The summed E-state index contributed by atoms with van der Waals surface area (Å²) in [6.07, 6.45) is 6.88. The van der Waals surface area contributed by atoms with E-state index in [-0.39, 0.29) is 10.6 Å². The largest absolute Gasteiger partial charge is 0.375 e. The monoisotopic (exact) mass is 281 g/mol. The second-order valence-corrected chi connectivity index (χ2v) is 4.52. The Balaban J connectivity index is 2.09. The third-order valence-electron chi connectivity index (χ3n) is 2.71. The average molecular weight is 282 g/mol. The zero-order valence-corrected chi connectivity index (χ0v) is 11.4. The molecule has 102 valence electrons. The van der Waals surface area contributed by atoms with E-state index in [0.717, 1.165) is 18.7 Å². The molecule has 0 aromatic carbocycles. The number of aryl methyl sites for hydroxylation is 1. The summed E-state index contributed by atoms with van der Waals surface area (Å²) in [6, 6.07) is 0. The molecule has 0 spiro atoms. The molecular weight excluding hydrogens is 266 g/mol. The number of anilines is 1. The van der Waals surface area contributed by atoms with Crippen LogP contribution in [0.3, 0.4) is 0 Å². The van der Waals surface area contributed by atoms with Crippen molar-refractivity contribution in [3.8, 4) is 0 Å². The Kier molecular flexibility index (Phi) is 4.57. The molecule has 2 aromatic heterocycles. The van der Waals surface area contributed by atoms with Gasteiger partial charge < -0.3 is 10.3 Å². The van der Waals surface area contributed by atoms with Gasteiger partial charge in [-0.1, -0.05) is 24.9 Å². The van der Waals surface area contributed by atoms with Crippen LogP contribution in [0.2, 0.25) is 5.02 Å². The van der Waals surface area contributed by atoms with Crippen molar-refractivity contribution >= 4 is 17.3 Å². The first kappa shape index (κ1) is 13.6. The van der Waals surface area contributed by atoms with E-state index < -0.39 is 0 Å². The Morgan fingerprint density at radius 3 is 3.05 bits per heavy atom. The van der Waals surface area contributed by atoms with Crippen LogP contribution in [-0.2, 0) is 13.1 Å². The highest BCUT2D eigenvalue weighted by molar-refractivity contribution is 6.32. The van der Waals surface area contributed by atoms with Gasteiger partial charge in [-0.05, 0) is 6.42 Å². The number of aromatic nitrogens is 4. The number of halogens is 1. The summed E-state index contributed by atoms with van der Waals surface area (Å²) < 4.78 is 1.39. The van der Waals surface area contributed by atoms with Crippen LogP contribution in [0.4, 0.5) is 5.69 Å². The summed E-state index contributed by atoms with van der Waals surface area (Å²) in [7, 11) is 0. The zero-order valence-electron chi connectivity index (χ0n) is 10.7. The van der Waals surface area contributed by atoms with Gasteiger partial charge in [0.05, 0.1) is 18.4 Å². The highest BCUT2D eigenvalue weighted by Gasteiger charge is 2.09. The Bertz CT molecular complexity index is 578. The topological polar surface area (TPSA) is 75.6 Å². The number of H-pyrrole nitrogens is 1. The maximum Gasteiger partial charge on any atom is 0.287 e. The molecule has 2 aromatic rings. The lowest BCUT2D eigenvalue weighted by Crippen LogP contribution is -2.24. The maximum atomic E-state index is 12.0. The molecule has 2 rings (SSSR count). The van der Waals surface area contributed by atoms with E-state index in [0.29, 0.717) is 18.8 Å². The smallest absolute Gasteiger partial charge is 0.287 e. The van der Waals surface area contributed by atoms with Crippen molar-refractivity contribution in [2.45, 2.75) is 32.9 Å². The molecular formula is C12H16ClN5O. The molecule has 19 heavy (non-hydrogen) atoms. The summed E-state index contributed by atoms with van der Waals surface area (Å²) in [6.45, 7) is 3.12. The predicted molar refractivity (Wildman–Crippen MR) is 74.3 cm³/mol. The summed E-state index contributed by atoms with van der Waals surface area (Å²) in [5.41, 5.74) is 0.260. The Labute approximate surface area is 115 Å². The SMILES string of the molecule is CCCCn1ncc(NCc2ncc[nH]2)c(Cl)c1=O. The van der Waals surface area contributed by atoms with Gasteiger partial charge in [0.15, 0.2) is 0 Å². The van der Waals surface area contributed by atoms with E-state index in [9.17, 15) is 4.79 Å². The van der Waals surface area contributed by atoms with Gasteiger partial charge in [-0.15, -0.1) is 0 Å². The minimum atomic E-state index is -0.264. The van der Waals surface area contributed by atoms with E-state index in [2.05, 4.69) is 27.3 Å². The van der Waals surface area contributed by atoms with Crippen LogP contribution in [0, 0.1) is 0 Å². The van der Waals surface area contributed by atoms with Crippen LogP contribution in [-0.4, -0.2) is 19.7 Å². The van der Waals surface area contributed by atoms with Crippen molar-refractivity contribution in [2.75, 3.05) is 5.32 Å². The van der Waals surface area contributed by atoms with E-state index in [1.54, 1.807) is 18.6 Å². The lowest BCUT2D eigenvalue weighted by molar-refractivity contribution is 0.543. The number of nitrogens with one attached hydrogen (secondary N) is 2. The highest BCUT2D eigenvalue weighted by atomic mass is 35.5. The molecule has 6 nitrogen and oxygen atoms in total. The number of rotatable bonds is 6. The van der Waals surface area contributed by atoms with Crippen molar-refractivity contribution in [1.82, 2.24) is 19.7 Å². The fourth-order valence-electron chi connectivity index (χ4n) is 1.63. The van der Waals surface area contributed by atoms with Gasteiger partial charge in [0, 0.05) is 18.9 Å². The first-order valence-corrected chi connectivity index (χ1v) is 6.58. The van der Waals surface area contributed by atoms with Gasteiger partial charge in [-0.25, -0.2) is 9.67 Å². The van der Waals surface area contributed by atoms with Gasteiger partial charge in [0.25, 0.3) is 5.56 Å². The third-order valence-corrected chi connectivity index (χ3v) is 3.07. The first-order valence-electron chi connectivity index (χ1n) is 6.20. The molecule has 0 atom stereocenters. The molecule has 0 saturated heterocycles. The molecule has 0 unspecified atom stereocenters. The van der Waals surface area contributed by atoms with Crippen LogP contribution in [0.5, 0.6) is 0 Å². The number of aromatic amines is 1. The Morgan fingerprint density at radius 2 is 2.37 bits per heavy atom. The van der Waals surface area contributed by atoms with Gasteiger partial charge in [0.2, 0.25) is 0 Å². The molecule has 0 radical (unpaired) electrons. The molecule has 2 N–H and O–H groups in total. The van der Waals surface area contributed by atoms with Crippen LogP contribution < -0.4 is 10.9 Å². The molecule has 7 heteroatoms. The average Bonchev–Trinajstić information content (AvgIpc) is 2.92. The lowest BCUT2D eigenvalue weighted by atomic mass is 10.3. The van der Waals surface area contributed by atoms with Gasteiger partial charge >= 0.3 is 0 Å². The summed E-state index contributed by atoms with van der Waals surface area (Å²) in [5.74, 6) is 0.770. The molecule has 0 saturated carbocycles. The number of hydrogen-bond acceptors (Lipinski definition) is 4. The normalized spacial score (nSPS) is 10.6. The zero-order chi connectivity index (χ0) is 13.7. The summed E-state index contributed by atoms with van der Waals surface area (Å²) >= 11 is 6.05. The predicted octanol–water partition coefficient (Wildman–Crippen LogP) is 2.03. The second kappa shape index (κ2) is 6.38. The van der Waals surface area contributed by atoms with Crippen LogP contribution in [0.25, 0.3) is 0 Å². The van der Waals surface area contributed by atoms with Gasteiger partial charge in [-0.2, -0.15) is 5.10 Å². The molecule has 0 amide bonds. The first-order chi connectivity index (χ1) is 9.22. The number of nitrogens with zero attached hydrogens (tertiary/aromatic N) is 3. The summed E-state index contributed by atoms with van der Waals surface area (Å²) in [5, 5.41) is 7.31. The van der Waals surface area contributed by atoms with E-state index >= 15 is 0 Å². The van der Waals surface area contributed by atoms with E-state index in [1.165, 1.54) is 4.68 Å². The number of imidazole rings is 1. The number of hydrogen-bond donors (Lipinski definition) is 2. The molecule has 2 heterocycles.